The number of hydrogen-bond acceptors (Lipinski definition) is 2. The van der Waals surface area contributed by atoms with Crippen molar-refractivity contribution in [2.24, 2.45) is 5.41 Å². The SMILES string of the molecule is CCCNC(CCC(C)(C)C)COCC. The van der Waals surface area contributed by atoms with Crippen LogP contribution in [0.2, 0.25) is 0 Å². The molecule has 0 aliphatic heterocycles. The van der Waals surface area contributed by atoms with Crippen LogP contribution in [0.1, 0.15) is 53.9 Å². The standard InChI is InChI=1S/C13H29NO/c1-6-10-14-12(11-15-7-2)8-9-13(3,4)5/h12,14H,6-11H2,1-5H3. The summed E-state index contributed by atoms with van der Waals surface area (Å²) in [5.41, 5.74) is 0.429. The van der Waals surface area contributed by atoms with Gasteiger partial charge in [-0.25, -0.2) is 0 Å². The third kappa shape index (κ3) is 10.2. The number of rotatable bonds is 8. The summed E-state index contributed by atoms with van der Waals surface area (Å²) in [7, 11) is 0. The molecule has 0 heterocycles. The zero-order valence-electron chi connectivity index (χ0n) is 11.2. The van der Waals surface area contributed by atoms with E-state index in [-0.39, 0.29) is 0 Å². The van der Waals surface area contributed by atoms with Gasteiger partial charge in [-0.15, -0.1) is 0 Å². The Bertz CT molecular complexity index is 132. The molecule has 2 nitrogen and oxygen atoms in total. The Labute approximate surface area is 95.8 Å². The van der Waals surface area contributed by atoms with Crippen molar-refractivity contribution in [3.05, 3.63) is 0 Å². The Kier molecular flexibility index (Phi) is 8.07. The molecule has 0 saturated heterocycles. The minimum absolute atomic E-state index is 0.429. The van der Waals surface area contributed by atoms with Crippen molar-refractivity contribution >= 4 is 0 Å². The lowest BCUT2D eigenvalue weighted by Crippen LogP contribution is -2.35. The maximum absolute atomic E-state index is 5.50. The highest BCUT2D eigenvalue weighted by molar-refractivity contribution is 4.71. The Balaban J connectivity index is 3.78. The average molecular weight is 215 g/mol. The molecule has 0 saturated carbocycles. The summed E-state index contributed by atoms with van der Waals surface area (Å²) in [6.45, 7) is 13.9. The summed E-state index contributed by atoms with van der Waals surface area (Å²) < 4.78 is 5.50. The highest BCUT2D eigenvalue weighted by Crippen LogP contribution is 2.21. The van der Waals surface area contributed by atoms with Gasteiger partial charge in [0.05, 0.1) is 6.61 Å². The van der Waals surface area contributed by atoms with Crippen LogP contribution < -0.4 is 5.32 Å². The number of ether oxygens (including phenoxy) is 1. The van der Waals surface area contributed by atoms with Gasteiger partial charge in [0.2, 0.25) is 0 Å². The molecule has 0 aliphatic carbocycles. The van der Waals surface area contributed by atoms with Gasteiger partial charge in [0.25, 0.3) is 0 Å². The number of hydrogen-bond donors (Lipinski definition) is 1. The Morgan fingerprint density at radius 2 is 1.87 bits per heavy atom. The van der Waals surface area contributed by atoms with Crippen molar-refractivity contribution in [1.29, 1.82) is 0 Å². The van der Waals surface area contributed by atoms with Gasteiger partial charge in [0.1, 0.15) is 0 Å². The minimum atomic E-state index is 0.429. The lowest BCUT2D eigenvalue weighted by molar-refractivity contribution is 0.115. The second-order valence-corrected chi connectivity index (χ2v) is 5.41. The van der Waals surface area contributed by atoms with E-state index in [4.69, 9.17) is 4.74 Å². The fourth-order valence-electron chi connectivity index (χ4n) is 1.46. The topological polar surface area (TPSA) is 21.3 Å². The predicted molar refractivity (Wildman–Crippen MR) is 67.3 cm³/mol. The fourth-order valence-corrected chi connectivity index (χ4v) is 1.46. The largest absolute Gasteiger partial charge is 0.380 e. The summed E-state index contributed by atoms with van der Waals surface area (Å²) in [6, 6.07) is 0.532. The van der Waals surface area contributed by atoms with Gasteiger partial charge in [0.15, 0.2) is 0 Å². The highest BCUT2D eigenvalue weighted by atomic mass is 16.5. The first-order valence-electron chi connectivity index (χ1n) is 6.30. The molecule has 0 aromatic rings. The molecule has 92 valence electrons. The zero-order valence-corrected chi connectivity index (χ0v) is 11.2. The molecule has 0 bridgehead atoms. The smallest absolute Gasteiger partial charge is 0.0619 e. The van der Waals surface area contributed by atoms with Crippen LogP contribution in [0.15, 0.2) is 0 Å². The van der Waals surface area contributed by atoms with E-state index in [1.807, 2.05) is 0 Å². The second-order valence-electron chi connectivity index (χ2n) is 5.41. The van der Waals surface area contributed by atoms with Gasteiger partial charge in [-0.05, 0) is 38.1 Å². The van der Waals surface area contributed by atoms with Gasteiger partial charge >= 0.3 is 0 Å². The monoisotopic (exact) mass is 215 g/mol. The van der Waals surface area contributed by atoms with Crippen molar-refractivity contribution in [2.75, 3.05) is 19.8 Å². The lowest BCUT2D eigenvalue weighted by atomic mass is 9.89. The second kappa shape index (κ2) is 8.12. The molecule has 0 aromatic heterocycles. The van der Waals surface area contributed by atoms with Crippen molar-refractivity contribution in [2.45, 2.75) is 59.9 Å². The molecule has 0 aromatic carbocycles. The first-order valence-corrected chi connectivity index (χ1v) is 6.30. The summed E-state index contributed by atoms with van der Waals surface area (Å²) in [5.74, 6) is 0. The Morgan fingerprint density at radius 3 is 2.33 bits per heavy atom. The van der Waals surface area contributed by atoms with Gasteiger partial charge < -0.3 is 10.1 Å². The molecule has 0 radical (unpaired) electrons. The Hall–Kier alpha value is -0.0800. The molecule has 0 rings (SSSR count). The molecule has 0 amide bonds. The van der Waals surface area contributed by atoms with Gasteiger partial charge in [-0.2, -0.15) is 0 Å². The minimum Gasteiger partial charge on any atom is -0.380 e. The van der Waals surface area contributed by atoms with Gasteiger partial charge in [0, 0.05) is 12.6 Å². The van der Waals surface area contributed by atoms with Crippen LogP contribution in [-0.2, 0) is 4.74 Å². The molecule has 0 aliphatic rings. The summed E-state index contributed by atoms with van der Waals surface area (Å²) in [6.07, 6.45) is 3.66. The summed E-state index contributed by atoms with van der Waals surface area (Å²) in [5, 5.41) is 3.55. The van der Waals surface area contributed by atoms with Crippen LogP contribution in [-0.4, -0.2) is 25.8 Å². The molecule has 2 heteroatoms. The van der Waals surface area contributed by atoms with Crippen molar-refractivity contribution in [3.63, 3.8) is 0 Å². The van der Waals surface area contributed by atoms with E-state index >= 15 is 0 Å². The van der Waals surface area contributed by atoms with Crippen molar-refractivity contribution < 1.29 is 4.74 Å². The molecule has 0 fully saturated rings. The van der Waals surface area contributed by atoms with E-state index in [0.29, 0.717) is 11.5 Å². The molecule has 1 unspecified atom stereocenters. The highest BCUT2D eigenvalue weighted by Gasteiger charge is 2.14. The van der Waals surface area contributed by atoms with E-state index < -0.39 is 0 Å². The molecular weight excluding hydrogens is 186 g/mol. The van der Waals surface area contributed by atoms with Crippen LogP contribution in [0.4, 0.5) is 0 Å². The van der Waals surface area contributed by atoms with Gasteiger partial charge in [-0.1, -0.05) is 27.7 Å². The van der Waals surface area contributed by atoms with Crippen molar-refractivity contribution in [3.8, 4) is 0 Å². The average Bonchev–Trinajstić information content (AvgIpc) is 2.15. The number of nitrogens with one attached hydrogen (secondary N) is 1. The van der Waals surface area contributed by atoms with E-state index in [1.54, 1.807) is 0 Å². The molecule has 15 heavy (non-hydrogen) atoms. The summed E-state index contributed by atoms with van der Waals surface area (Å²) in [4.78, 5) is 0. The van der Waals surface area contributed by atoms with Crippen LogP contribution in [0.25, 0.3) is 0 Å². The maximum atomic E-state index is 5.50. The normalized spacial score (nSPS) is 14.2. The zero-order chi connectivity index (χ0) is 11.7. The fraction of sp³-hybridized carbons (Fsp3) is 1.00. The Morgan fingerprint density at radius 1 is 1.20 bits per heavy atom. The quantitative estimate of drug-likeness (QED) is 0.671. The van der Waals surface area contributed by atoms with Crippen molar-refractivity contribution in [1.82, 2.24) is 5.32 Å². The maximum Gasteiger partial charge on any atom is 0.0619 e. The summed E-state index contributed by atoms with van der Waals surface area (Å²) >= 11 is 0. The third-order valence-corrected chi connectivity index (χ3v) is 2.45. The van der Waals surface area contributed by atoms with Crippen LogP contribution in [0.3, 0.4) is 0 Å². The molecule has 1 atom stereocenters. The first kappa shape index (κ1) is 14.9. The molecule has 1 N–H and O–H groups in total. The predicted octanol–water partition coefficient (Wildman–Crippen LogP) is 3.22. The van der Waals surface area contributed by atoms with E-state index in [2.05, 4.69) is 39.9 Å². The lowest BCUT2D eigenvalue weighted by Gasteiger charge is -2.23. The van der Waals surface area contributed by atoms with Crippen LogP contribution >= 0.6 is 0 Å². The van der Waals surface area contributed by atoms with E-state index in [0.717, 1.165) is 19.8 Å². The van der Waals surface area contributed by atoms with Crippen LogP contribution in [0.5, 0.6) is 0 Å². The first-order chi connectivity index (χ1) is 6.99. The van der Waals surface area contributed by atoms with E-state index in [1.165, 1.54) is 19.3 Å². The van der Waals surface area contributed by atoms with E-state index in [9.17, 15) is 0 Å². The third-order valence-electron chi connectivity index (χ3n) is 2.45. The molecule has 0 spiro atoms. The molecular formula is C13H29NO. The van der Waals surface area contributed by atoms with Gasteiger partial charge in [-0.3, -0.25) is 0 Å². The van der Waals surface area contributed by atoms with Crippen LogP contribution in [0, 0.1) is 5.41 Å².